The smallest absolute Gasteiger partial charge is 0.374 e. The minimum atomic E-state index is -4.80. The molecule has 2 aliphatic rings. The number of oxime groups is 1. The van der Waals surface area contributed by atoms with Crippen molar-refractivity contribution in [1.82, 2.24) is 5.43 Å². The second-order valence-electron chi connectivity index (χ2n) is 6.91. The lowest BCUT2D eigenvalue weighted by molar-refractivity contribution is -0.275. The molecule has 0 spiro atoms. The van der Waals surface area contributed by atoms with Gasteiger partial charge in [-0.3, -0.25) is 5.01 Å². The number of hydrogen-bond donors (Lipinski definition) is 1. The highest BCUT2D eigenvalue weighted by Crippen LogP contribution is 2.49. The Bertz CT molecular complexity index is 1140. The highest BCUT2D eigenvalue weighted by atomic mass is 35.5. The highest BCUT2D eigenvalue weighted by molar-refractivity contribution is 6.34. The van der Waals surface area contributed by atoms with Crippen LogP contribution in [0.15, 0.2) is 52.8 Å². The van der Waals surface area contributed by atoms with Crippen LogP contribution in [-0.2, 0) is 10.4 Å². The van der Waals surface area contributed by atoms with Crippen molar-refractivity contribution in [3.63, 3.8) is 0 Å². The van der Waals surface area contributed by atoms with Crippen molar-refractivity contribution in [2.75, 3.05) is 11.6 Å². The van der Waals surface area contributed by atoms with Crippen LogP contribution >= 0.6 is 34.8 Å². The van der Waals surface area contributed by atoms with Gasteiger partial charge in [-0.05, 0) is 30.3 Å². The molecule has 2 heterocycles. The summed E-state index contributed by atoms with van der Waals surface area (Å²) in [5, 5.41) is 15.5. The van der Waals surface area contributed by atoms with E-state index in [0.29, 0.717) is 22.8 Å². The van der Waals surface area contributed by atoms with E-state index in [9.17, 15) is 18.4 Å². The number of nitrogens with zero attached hydrogens (tertiary/aromatic N) is 3. The van der Waals surface area contributed by atoms with Gasteiger partial charge in [-0.1, -0.05) is 46.0 Å². The third-order valence-corrected chi connectivity index (χ3v) is 5.58. The van der Waals surface area contributed by atoms with Gasteiger partial charge in [0.2, 0.25) is 0 Å². The van der Waals surface area contributed by atoms with Crippen LogP contribution in [-0.4, -0.2) is 18.4 Å². The molecule has 1 atom stereocenters. The van der Waals surface area contributed by atoms with Crippen LogP contribution in [0.1, 0.15) is 23.1 Å². The molecule has 0 saturated carbocycles. The van der Waals surface area contributed by atoms with E-state index in [1.807, 2.05) is 6.07 Å². The summed E-state index contributed by atoms with van der Waals surface area (Å²) in [7, 11) is 0. The Kier molecular flexibility index (Phi) is 5.56. The van der Waals surface area contributed by atoms with Crippen molar-refractivity contribution in [1.29, 1.82) is 5.26 Å². The standard InChI is InChI=1S/C20H12Cl3F3N4O/c21-14-4-13(5-15(22)6-14)19(20(24,25)26)7-17(29-31-19)11-1-2-18(12(3-11)8-27)30-10-16(23)9-28-30/h1-6,10,28H,7,9H2. The normalized spacial score (nSPS) is 20.9. The first kappa shape index (κ1) is 21.8. The average Bonchev–Trinajstić information content (AvgIpc) is 3.34. The fourth-order valence-electron chi connectivity index (χ4n) is 3.41. The van der Waals surface area contributed by atoms with Gasteiger partial charge in [-0.2, -0.15) is 18.4 Å². The lowest BCUT2D eigenvalue weighted by atomic mass is 9.86. The molecule has 11 heteroatoms. The third kappa shape index (κ3) is 3.94. The van der Waals surface area contributed by atoms with E-state index in [1.54, 1.807) is 23.3 Å². The summed E-state index contributed by atoms with van der Waals surface area (Å²) < 4.78 is 42.4. The second kappa shape index (κ2) is 7.92. The predicted molar refractivity (Wildman–Crippen MR) is 112 cm³/mol. The summed E-state index contributed by atoms with van der Waals surface area (Å²) >= 11 is 17.8. The molecule has 31 heavy (non-hydrogen) atoms. The van der Waals surface area contributed by atoms with Gasteiger partial charge in [0, 0.05) is 33.8 Å². The lowest BCUT2D eigenvalue weighted by Gasteiger charge is -2.29. The summed E-state index contributed by atoms with van der Waals surface area (Å²) in [5.41, 5.74) is 1.09. The van der Waals surface area contributed by atoms with Crippen LogP contribution in [0, 0.1) is 11.3 Å². The van der Waals surface area contributed by atoms with Crippen LogP contribution in [0.5, 0.6) is 0 Å². The molecule has 0 saturated heterocycles. The summed E-state index contributed by atoms with van der Waals surface area (Å²) in [6, 6.07) is 10.3. The van der Waals surface area contributed by atoms with Gasteiger partial charge in [0.1, 0.15) is 6.07 Å². The van der Waals surface area contributed by atoms with Gasteiger partial charge in [0.05, 0.1) is 28.5 Å². The molecule has 1 N–H and O–H groups in total. The Morgan fingerprint density at radius 2 is 1.84 bits per heavy atom. The topological polar surface area (TPSA) is 60.6 Å². The van der Waals surface area contributed by atoms with Crippen LogP contribution in [0.2, 0.25) is 10.0 Å². The van der Waals surface area contributed by atoms with E-state index in [0.717, 1.165) is 12.1 Å². The maximum Gasteiger partial charge on any atom is 0.435 e. The number of alkyl halides is 3. The summed E-state index contributed by atoms with van der Waals surface area (Å²) in [4.78, 5) is 5.00. The largest absolute Gasteiger partial charge is 0.435 e. The highest BCUT2D eigenvalue weighted by Gasteiger charge is 2.62. The Morgan fingerprint density at radius 3 is 2.42 bits per heavy atom. The zero-order valence-electron chi connectivity index (χ0n) is 15.5. The fourth-order valence-corrected chi connectivity index (χ4v) is 4.09. The Labute approximate surface area is 190 Å². The van der Waals surface area contributed by atoms with E-state index >= 15 is 0 Å². The van der Waals surface area contributed by atoms with Gasteiger partial charge in [-0.25, -0.2) is 5.43 Å². The van der Waals surface area contributed by atoms with Crippen LogP contribution in [0.3, 0.4) is 0 Å². The molecule has 2 aromatic rings. The predicted octanol–water partition coefficient (Wildman–Crippen LogP) is 5.85. The first-order valence-electron chi connectivity index (χ1n) is 8.85. The molecule has 0 aromatic heterocycles. The number of anilines is 1. The summed E-state index contributed by atoms with van der Waals surface area (Å²) in [6.45, 7) is 0.408. The number of halogens is 6. The number of hydrazine groups is 1. The van der Waals surface area contributed by atoms with E-state index in [4.69, 9.17) is 39.6 Å². The van der Waals surface area contributed by atoms with Crippen molar-refractivity contribution < 1.29 is 18.0 Å². The molecular weight excluding hydrogens is 476 g/mol. The summed E-state index contributed by atoms with van der Waals surface area (Å²) in [5.74, 6) is 0. The third-order valence-electron chi connectivity index (χ3n) is 4.91. The van der Waals surface area contributed by atoms with Crippen molar-refractivity contribution in [2.45, 2.75) is 18.2 Å². The van der Waals surface area contributed by atoms with Gasteiger partial charge in [0.15, 0.2) is 0 Å². The monoisotopic (exact) mass is 486 g/mol. The van der Waals surface area contributed by atoms with Crippen molar-refractivity contribution >= 4 is 46.2 Å². The second-order valence-corrected chi connectivity index (χ2v) is 8.27. The molecule has 5 nitrogen and oxygen atoms in total. The molecule has 1 unspecified atom stereocenters. The molecule has 0 radical (unpaired) electrons. The van der Waals surface area contributed by atoms with Crippen molar-refractivity contribution in [2.24, 2.45) is 5.16 Å². The zero-order valence-corrected chi connectivity index (χ0v) is 17.7. The molecule has 2 aromatic carbocycles. The van der Waals surface area contributed by atoms with E-state index < -0.39 is 18.2 Å². The van der Waals surface area contributed by atoms with Gasteiger partial charge < -0.3 is 4.84 Å². The molecule has 0 bridgehead atoms. The molecule has 2 aliphatic heterocycles. The van der Waals surface area contributed by atoms with Crippen LogP contribution in [0.25, 0.3) is 0 Å². The number of nitrogens with one attached hydrogen (secondary N) is 1. The minimum Gasteiger partial charge on any atom is -0.374 e. The first-order valence-corrected chi connectivity index (χ1v) is 9.98. The average molecular weight is 488 g/mol. The molecule has 0 aliphatic carbocycles. The first-order chi connectivity index (χ1) is 14.6. The molecule has 160 valence electrons. The quantitative estimate of drug-likeness (QED) is 0.590. The maximum atomic E-state index is 14.1. The van der Waals surface area contributed by atoms with Crippen LogP contribution < -0.4 is 10.4 Å². The Morgan fingerprint density at radius 1 is 1.13 bits per heavy atom. The number of benzene rings is 2. The number of hydrogen-bond acceptors (Lipinski definition) is 5. The van der Waals surface area contributed by atoms with Gasteiger partial charge in [-0.15, -0.1) is 0 Å². The maximum absolute atomic E-state index is 14.1. The SMILES string of the molecule is N#Cc1cc(C2=NOC(c3cc(Cl)cc(Cl)c3)(C(F)(F)F)C2)ccc1N1C=C(Cl)CN1. The minimum absolute atomic E-state index is 0.0411. The molecule has 0 amide bonds. The number of nitriles is 1. The number of rotatable bonds is 3. The van der Waals surface area contributed by atoms with E-state index in [-0.39, 0.29) is 26.9 Å². The van der Waals surface area contributed by atoms with E-state index in [1.165, 1.54) is 12.1 Å². The van der Waals surface area contributed by atoms with Crippen molar-refractivity contribution in [3.05, 3.63) is 74.4 Å². The Hall–Kier alpha value is -2.44. The zero-order chi connectivity index (χ0) is 22.4. The molecule has 0 fully saturated rings. The Balaban J connectivity index is 1.70. The van der Waals surface area contributed by atoms with Crippen molar-refractivity contribution in [3.8, 4) is 6.07 Å². The fraction of sp³-hybridized carbons (Fsp3) is 0.200. The lowest BCUT2D eigenvalue weighted by Crippen LogP contribution is -2.42. The van der Waals surface area contributed by atoms with Gasteiger partial charge in [0.25, 0.3) is 5.60 Å². The summed E-state index contributed by atoms with van der Waals surface area (Å²) in [6.07, 6.45) is -3.79. The van der Waals surface area contributed by atoms with E-state index in [2.05, 4.69) is 10.6 Å². The molecule has 4 rings (SSSR count). The van der Waals surface area contributed by atoms with Crippen LogP contribution in [0.4, 0.5) is 18.9 Å². The molecular formula is C20H12Cl3F3N4O. The van der Waals surface area contributed by atoms with Gasteiger partial charge >= 0.3 is 6.18 Å².